The van der Waals surface area contributed by atoms with Crippen molar-refractivity contribution in [3.8, 4) is 0 Å². The molecular weight excluding hydrogens is 112 g/mol. The molecule has 0 aliphatic rings. The molecule has 2 nitrogen and oxygen atoms in total. The zero-order valence-electron chi connectivity index (χ0n) is 6.44. The fourth-order valence-electron chi connectivity index (χ4n) is 0.376. The van der Waals surface area contributed by atoms with Crippen molar-refractivity contribution in [2.24, 2.45) is 0 Å². The maximum Gasteiger partial charge on any atom is 0.0229 e. The highest BCUT2D eigenvalue weighted by atomic mass is 15.4. The van der Waals surface area contributed by atoms with E-state index in [-0.39, 0.29) is 0 Å². The van der Waals surface area contributed by atoms with Gasteiger partial charge in [-0.3, -0.25) is 0 Å². The van der Waals surface area contributed by atoms with Crippen molar-refractivity contribution in [3.63, 3.8) is 0 Å². The highest BCUT2D eigenvalue weighted by Crippen LogP contribution is 1.83. The normalized spacial score (nSPS) is 14.1. The SMILES string of the molecule is C/C=C\NN[C@H](C)CC. The van der Waals surface area contributed by atoms with Crippen LogP contribution in [0.15, 0.2) is 12.3 Å². The molecule has 0 amide bonds. The summed E-state index contributed by atoms with van der Waals surface area (Å²) in [4.78, 5) is 0. The Kier molecular flexibility index (Phi) is 5.32. The molecule has 0 aliphatic carbocycles. The summed E-state index contributed by atoms with van der Waals surface area (Å²) >= 11 is 0. The molecule has 2 N–H and O–H groups in total. The molecule has 0 aromatic rings. The van der Waals surface area contributed by atoms with Gasteiger partial charge in [0.25, 0.3) is 0 Å². The molecule has 0 rings (SSSR count). The predicted octanol–water partition coefficient (Wildman–Crippen LogP) is 1.41. The molecule has 0 saturated heterocycles. The number of allylic oxidation sites excluding steroid dienone is 1. The van der Waals surface area contributed by atoms with Gasteiger partial charge in [-0.15, -0.1) is 0 Å². The van der Waals surface area contributed by atoms with Crippen molar-refractivity contribution in [2.75, 3.05) is 0 Å². The molecule has 0 aromatic carbocycles. The van der Waals surface area contributed by atoms with Crippen LogP contribution in [0.4, 0.5) is 0 Å². The van der Waals surface area contributed by atoms with Crippen LogP contribution in [0.5, 0.6) is 0 Å². The van der Waals surface area contributed by atoms with Gasteiger partial charge >= 0.3 is 0 Å². The largest absolute Gasteiger partial charge is 0.329 e. The molecule has 0 unspecified atom stereocenters. The fraction of sp³-hybridized carbons (Fsp3) is 0.714. The van der Waals surface area contributed by atoms with Gasteiger partial charge in [-0.25, -0.2) is 5.43 Å². The molecule has 0 radical (unpaired) electrons. The van der Waals surface area contributed by atoms with E-state index >= 15 is 0 Å². The maximum atomic E-state index is 3.10. The van der Waals surface area contributed by atoms with E-state index in [9.17, 15) is 0 Å². The number of hydrogen-bond acceptors (Lipinski definition) is 2. The van der Waals surface area contributed by atoms with Crippen LogP contribution >= 0.6 is 0 Å². The lowest BCUT2D eigenvalue weighted by atomic mass is 10.3. The van der Waals surface area contributed by atoms with Crippen LogP contribution in [0.1, 0.15) is 27.2 Å². The summed E-state index contributed by atoms with van der Waals surface area (Å²) < 4.78 is 0. The number of hydrazine groups is 1. The highest BCUT2D eigenvalue weighted by Gasteiger charge is 1.90. The molecule has 0 heterocycles. The zero-order valence-corrected chi connectivity index (χ0v) is 6.44. The van der Waals surface area contributed by atoms with E-state index in [1.54, 1.807) is 0 Å². The molecule has 0 bridgehead atoms. The second-order valence-corrected chi connectivity index (χ2v) is 2.10. The maximum absolute atomic E-state index is 3.10. The van der Waals surface area contributed by atoms with E-state index in [0.29, 0.717) is 6.04 Å². The quantitative estimate of drug-likeness (QED) is 0.559. The average Bonchev–Trinajstić information content (AvgIpc) is 1.89. The molecule has 0 fully saturated rings. The third-order valence-corrected chi connectivity index (χ3v) is 1.19. The topological polar surface area (TPSA) is 24.1 Å². The molecule has 0 saturated carbocycles. The predicted molar refractivity (Wildman–Crippen MR) is 40.8 cm³/mol. The van der Waals surface area contributed by atoms with E-state index < -0.39 is 0 Å². The Morgan fingerprint density at radius 3 is 2.67 bits per heavy atom. The van der Waals surface area contributed by atoms with Gasteiger partial charge in [0.2, 0.25) is 0 Å². The second kappa shape index (κ2) is 5.63. The van der Waals surface area contributed by atoms with Crippen molar-refractivity contribution < 1.29 is 0 Å². The van der Waals surface area contributed by atoms with Gasteiger partial charge < -0.3 is 5.43 Å². The van der Waals surface area contributed by atoms with Crippen LogP contribution in [-0.2, 0) is 0 Å². The van der Waals surface area contributed by atoms with Gasteiger partial charge in [0, 0.05) is 12.2 Å². The van der Waals surface area contributed by atoms with Gasteiger partial charge in [0.15, 0.2) is 0 Å². The summed E-state index contributed by atoms with van der Waals surface area (Å²) in [6.07, 6.45) is 4.98. The Morgan fingerprint density at radius 2 is 2.22 bits per heavy atom. The van der Waals surface area contributed by atoms with Crippen molar-refractivity contribution in [1.29, 1.82) is 0 Å². The Morgan fingerprint density at radius 1 is 1.56 bits per heavy atom. The van der Waals surface area contributed by atoms with E-state index in [1.807, 2.05) is 19.2 Å². The lowest BCUT2D eigenvalue weighted by Crippen LogP contribution is -2.34. The number of nitrogens with one attached hydrogen (secondary N) is 2. The summed E-state index contributed by atoms with van der Waals surface area (Å²) in [6, 6.07) is 0.543. The number of hydrogen-bond donors (Lipinski definition) is 2. The van der Waals surface area contributed by atoms with Crippen molar-refractivity contribution in [2.45, 2.75) is 33.2 Å². The van der Waals surface area contributed by atoms with Crippen LogP contribution in [0.3, 0.4) is 0 Å². The van der Waals surface area contributed by atoms with Gasteiger partial charge in [-0.2, -0.15) is 0 Å². The van der Waals surface area contributed by atoms with Crippen LogP contribution < -0.4 is 10.9 Å². The van der Waals surface area contributed by atoms with E-state index in [4.69, 9.17) is 0 Å². The summed E-state index contributed by atoms with van der Waals surface area (Å²) in [5.41, 5.74) is 6.05. The van der Waals surface area contributed by atoms with Crippen LogP contribution in [0.25, 0.3) is 0 Å². The van der Waals surface area contributed by atoms with Gasteiger partial charge in [0.05, 0.1) is 0 Å². The Labute approximate surface area is 57.3 Å². The standard InChI is InChI=1S/C7H16N2/c1-4-6-8-9-7(3)5-2/h4,6-9H,5H2,1-3H3/b6-4-/t7-/m1/s1. The van der Waals surface area contributed by atoms with Crippen LogP contribution in [0.2, 0.25) is 0 Å². The molecule has 54 valence electrons. The van der Waals surface area contributed by atoms with Gasteiger partial charge in [0.1, 0.15) is 0 Å². The third-order valence-electron chi connectivity index (χ3n) is 1.19. The third kappa shape index (κ3) is 5.37. The van der Waals surface area contributed by atoms with E-state index in [0.717, 1.165) is 6.42 Å². The molecule has 9 heavy (non-hydrogen) atoms. The Bertz CT molecular complexity index is 79.0. The lowest BCUT2D eigenvalue weighted by molar-refractivity contribution is 0.494. The molecule has 0 aliphatic heterocycles. The zero-order chi connectivity index (χ0) is 7.11. The minimum atomic E-state index is 0.543. The first kappa shape index (κ1) is 8.50. The van der Waals surface area contributed by atoms with E-state index in [1.165, 1.54) is 0 Å². The fourth-order valence-corrected chi connectivity index (χ4v) is 0.376. The second-order valence-electron chi connectivity index (χ2n) is 2.10. The number of rotatable bonds is 4. The average molecular weight is 128 g/mol. The smallest absolute Gasteiger partial charge is 0.0229 e. The summed E-state index contributed by atoms with van der Waals surface area (Å²) in [5, 5.41) is 0. The first-order valence-electron chi connectivity index (χ1n) is 3.43. The summed E-state index contributed by atoms with van der Waals surface area (Å²) in [5.74, 6) is 0. The van der Waals surface area contributed by atoms with Gasteiger partial charge in [-0.05, 0) is 20.3 Å². The van der Waals surface area contributed by atoms with Crippen molar-refractivity contribution >= 4 is 0 Å². The Balaban J connectivity index is 3.06. The van der Waals surface area contributed by atoms with Gasteiger partial charge in [-0.1, -0.05) is 13.0 Å². The highest BCUT2D eigenvalue weighted by molar-refractivity contribution is 4.72. The van der Waals surface area contributed by atoms with Crippen molar-refractivity contribution in [3.05, 3.63) is 12.3 Å². The lowest BCUT2D eigenvalue weighted by Gasteiger charge is -2.09. The molecule has 2 heteroatoms. The molecular formula is C7H16N2. The van der Waals surface area contributed by atoms with E-state index in [2.05, 4.69) is 24.7 Å². The summed E-state index contributed by atoms with van der Waals surface area (Å²) in [7, 11) is 0. The first-order valence-corrected chi connectivity index (χ1v) is 3.43. The molecule has 0 aromatic heterocycles. The monoisotopic (exact) mass is 128 g/mol. The summed E-state index contributed by atoms with van der Waals surface area (Å²) in [6.45, 7) is 6.26. The molecule has 1 atom stereocenters. The minimum absolute atomic E-state index is 0.543. The first-order chi connectivity index (χ1) is 4.31. The Hall–Kier alpha value is -0.500. The molecule has 0 spiro atoms. The van der Waals surface area contributed by atoms with Crippen molar-refractivity contribution in [1.82, 2.24) is 10.9 Å². The van der Waals surface area contributed by atoms with Crippen LogP contribution in [0, 0.1) is 0 Å². The minimum Gasteiger partial charge on any atom is -0.329 e. The van der Waals surface area contributed by atoms with Crippen LogP contribution in [-0.4, -0.2) is 6.04 Å².